The molecule has 2 aliphatic heterocycles. The third-order valence-electron chi connectivity index (χ3n) is 8.70. The fraction of sp³-hybridized carbons (Fsp3) is 0.364. The highest BCUT2D eigenvalue weighted by molar-refractivity contribution is 9.10. The van der Waals surface area contributed by atoms with Crippen LogP contribution in [0.1, 0.15) is 21.1 Å². The van der Waals surface area contributed by atoms with Gasteiger partial charge in [0.1, 0.15) is 11.6 Å². The molecule has 2 saturated heterocycles. The molecule has 0 amide bonds. The van der Waals surface area contributed by atoms with E-state index in [-0.39, 0.29) is 6.04 Å². The van der Waals surface area contributed by atoms with Crippen molar-refractivity contribution < 1.29 is 6.11 Å². The van der Waals surface area contributed by atoms with Crippen molar-refractivity contribution in [1.82, 2.24) is 39.9 Å². The fourth-order valence-corrected chi connectivity index (χ4v) is 6.53. The second-order valence-electron chi connectivity index (χ2n) is 11.5. The lowest BCUT2D eigenvalue weighted by Gasteiger charge is -2.42. The van der Waals surface area contributed by atoms with E-state index in [0.29, 0.717) is 44.8 Å². The third kappa shape index (κ3) is 6.48. The number of hydrogen-bond donors (Lipinski definition) is 3. The molecule has 5 heterocycles. The zero-order valence-electron chi connectivity index (χ0n) is 27.0. The largest absolute Gasteiger partial charge is 0.494 e. The molecule has 12 nitrogen and oxygen atoms in total. The molecule has 0 aliphatic carbocycles. The van der Waals surface area contributed by atoms with Gasteiger partial charge in [-0.25, -0.2) is 4.98 Å². The second-order valence-corrected chi connectivity index (χ2v) is 12.3. The van der Waals surface area contributed by atoms with Crippen LogP contribution in [0.4, 0.5) is 28.8 Å². The molecular weight excluding hydrogens is 646 g/mol. The van der Waals surface area contributed by atoms with Gasteiger partial charge in [-0.3, -0.25) is 19.5 Å². The van der Waals surface area contributed by atoms with Gasteiger partial charge in [0.25, 0.3) is 0 Å². The van der Waals surface area contributed by atoms with Crippen molar-refractivity contribution in [2.75, 3.05) is 61.9 Å². The van der Waals surface area contributed by atoms with Crippen molar-refractivity contribution in [2.24, 2.45) is 0 Å². The lowest BCUT2D eigenvalue weighted by Crippen LogP contribution is -2.52. The van der Waals surface area contributed by atoms with Gasteiger partial charge in [-0.1, -0.05) is 0 Å². The van der Waals surface area contributed by atoms with Gasteiger partial charge in [-0.15, -0.1) is 0 Å². The van der Waals surface area contributed by atoms with E-state index in [1.807, 2.05) is 16.9 Å². The standard InChI is InChI=1S/C33H38BrN11O/c1-3-45-21-22(19-39-45)25-17-29(31(46-2)18-30(25)44-14-12-43(13-15-44)24-6-8-35-9-7-24)41-33-38-20-26(34)32(42-33)40-23-4-5-27-28(16-23)37-11-10-36-27/h4-5,10-11,16-21,24,35H,3,6-9,12-15H2,1-2H3,(H2,38,40,41,42)/i16D. The Balaban J connectivity index is 1.18. The fourth-order valence-electron chi connectivity index (χ4n) is 6.24. The van der Waals surface area contributed by atoms with Gasteiger partial charge in [0.15, 0.2) is 0 Å². The first-order valence-corrected chi connectivity index (χ1v) is 16.5. The summed E-state index contributed by atoms with van der Waals surface area (Å²) in [4.78, 5) is 23.0. The summed E-state index contributed by atoms with van der Waals surface area (Å²) in [6, 6.07) is 8.75. The van der Waals surface area contributed by atoms with Crippen LogP contribution >= 0.6 is 15.9 Å². The van der Waals surface area contributed by atoms with Crippen LogP contribution < -0.4 is 25.6 Å². The normalized spacial score (nSPS) is 16.4. The maximum absolute atomic E-state index is 8.66. The predicted molar refractivity (Wildman–Crippen MR) is 185 cm³/mol. The van der Waals surface area contributed by atoms with Crippen LogP contribution in [0, 0.1) is 0 Å². The molecule has 0 bridgehead atoms. The first kappa shape index (κ1) is 29.1. The van der Waals surface area contributed by atoms with Gasteiger partial charge in [0, 0.05) is 92.1 Å². The Kier molecular flexibility index (Phi) is 8.59. The number of anilines is 5. The predicted octanol–water partition coefficient (Wildman–Crippen LogP) is 5.44. The maximum Gasteiger partial charge on any atom is 0.229 e. The molecule has 238 valence electrons. The molecule has 13 heteroatoms. The number of nitrogens with zero attached hydrogens (tertiary/aromatic N) is 8. The van der Waals surface area contributed by atoms with E-state index in [0.717, 1.165) is 68.3 Å². The number of methoxy groups -OCH3 is 1. The van der Waals surface area contributed by atoms with Crippen molar-refractivity contribution >= 4 is 55.8 Å². The molecule has 5 aromatic rings. The monoisotopic (exact) mass is 684 g/mol. The van der Waals surface area contributed by atoms with Gasteiger partial charge in [-0.2, -0.15) is 10.1 Å². The molecule has 3 N–H and O–H groups in total. The van der Waals surface area contributed by atoms with Crippen molar-refractivity contribution in [3.8, 4) is 16.9 Å². The molecule has 2 fully saturated rings. The minimum absolute atomic E-state index is 0.238. The Morgan fingerprint density at radius 2 is 1.83 bits per heavy atom. The number of rotatable bonds is 9. The van der Waals surface area contributed by atoms with Gasteiger partial charge < -0.3 is 25.6 Å². The first-order valence-electron chi connectivity index (χ1n) is 16.2. The summed E-state index contributed by atoms with van der Waals surface area (Å²) >= 11 is 3.56. The van der Waals surface area contributed by atoms with Crippen molar-refractivity contribution in [3.05, 3.63) is 65.8 Å². The molecule has 7 rings (SSSR count). The van der Waals surface area contributed by atoms with Crippen molar-refractivity contribution in [1.29, 1.82) is 0 Å². The van der Waals surface area contributed by atoms with Crippen LogP contribution in [0.3, 0.4) is 0 Å². The number of ether oxygens (including phenoxy) is 1. The maximum atomic E-state index is 8.66. The quantitative estimate of drug-likeness (QED) is 0.184. The molecule has 3 aromatic heterocycles. The van der Waals surface area contributed by atoms with Gasteiger partial charge >= 0.3 is 0 Å². The van der Waals surface area contributed by atoms with Crippen LogP contribution in [-0.2, 0) is 6.54 Å². The molecular formula is C33H38BrN11O. The summed E-state index contributed by atoms with van der Waals surface area (Å²) in [6.45, 7) is 9.04. The summed E-state index contributed by atoms with van der Waals surface area (Å²) < 4.78 is 17.2. The molecule has 0 atom stereocenters. The lowest BCUT2D eigenvalue weighted by molar-refractivity contribution is 0.153. The van der Waals surface area contributed by atoms with Gasteiger partial charge in [0.05, 0.1) is 35.9 Å². The number of halogens is 1. The highest BCUT2D eigenvalue weighted by atomic mass is 79.9. The Labute approximate surface area is 278 Å². The average Bonchev–Trinajstić information content (AvgIpc) is 3.61. The van der Waals surface area contributed by atoms with E-state index in [4.69, 9.17) is 11.1 Å². The van der Waals surface area contributed by atoms with Crippen molar-refractivity contribution in [2.45, 2.75) is 32.4 Å². The van der Waals surface area contributed by atoms with Gasteiger partial charge in [-0.05, 0) is 73.0 Å². The highest BCUT2D eigenvalue weighted by Crippen LogP contribution is 2.41. The summed E-state index contributed by atoms with van der Waals surface area (Å²) in [5.41, 5.74) is 5.68. The van der Waals surface area contributed by atoms with Crippen LogP contribution in [0.2, 0.25) is 0 Å². The Bertz CT molecular complexity index is 1870. The summed E-state index contributed by atoms with van der Waals surface area (Å²) in [5.74, 6) is 1.57. The molecule has 0 radical (unpaired) electrons. The van der Waals surface area contributed by atoms with E-state index >= 15 is 0 Å². The summed E-state index contributed by atoms with van der Waals surface area (Å²) in [7, 11) is 1.68. The molecule has 0 spiro atoms. The smallest absolute Gasteiger partial charge is 0.229 e. The van der Waals surface area contributed by atoms with Crippen LogP contribution in [-0.4, -0.2) is 87.0 Å². The number of piperidine rings is 1. The highest BCUT2D eigenvalue weighted by Gasteiger charge is 2.27. The Morgan fingerprint density at radius 3 is 2.59 bits per heavy atom. The van der Waals surface area contributed by atoms with Gasteiger partial charge in [0.2, 0.25) is 5.95 Å². The van der Waals surface area contributed by atoms with E-state index < -0.39 is 0 Å². The summed E-state index contributed by atoms with van der Waals surface area (Å²) in [6.07, 6.45) is 11.3. The minimum Gasteiger partial charge on any atom is -0.494 e. The van der Waals surface area contributed by atoms with Crippen LogP contribution in [0.15, 0.2) is 65.8 Å². The number of aryl methyl sites for hydroxylation is 1. The lowest BCUT2D eigenvalue weighted by atomic mass is 10.0. The number of fused-ring (bicyclic) bond motifs is 1. The second kappa shape index (κ2) is 13.6. The van der Waals surface area contributed by atoms with E-state index in [1.54, 1.807) is 31.8 Å². The van der Waals surface area contributed by atoms with Crippen LogP contribution in [0.5, 0.6) is 5.75 Å². The molecule has 46 heavy (non-hydrogen) atoms. The van der Waals surface area contributed by atoms with E-state index in [2.05, 4.69) is 87.0 Å². The third-order valence-corrected chi connectivity index (χ3v) is 9.28. The average molecular weight is 686 g/mol. The summed E-state index contributed by atoms with van der Waals surface area (Å²) in [5, 5.41) is 14.7. The first-order chi connectivity index (χ1) is 23.0. The molecule has 2 aliphatic rings. The number of piperazine rings is 1. The number of hydrogen-bond acceptors (Lipinski definition) is 11. The van der Waals surface area contributed by atoms with E-state index in [1.165, 1.54) is 12.8 Å². The van der Waals surface area contributed by atoms with Crippen LogP contribution in [0.25, 0.3) is 22.2 Å². The van der Waals surface area contributed by atoms with E-state index in [9.17, 15) is 0 Å². The number of nitrogens with one attached hydrogen (secondary N) is 3. The molecule has 2 aromatic carbocycles. The number of aromatic nitrogens is 6. The molecule has 0 unspecified atom stereocenters. The molecule has 0 saturated carbocycles. The Morgan fingerprint density at radius 1 is 1.02 bits per heavy atom. The minimum atomic E-state index is 0.238. The SMILES string of the molecule is [2H]c1c(Nc2nc(Nc3cc(-c4cnn(CC)c4)c(N4CCN(C5CCNCC5)CC4)cc3OC)ncc2Br)ccc2nccnc12. The zero-order valence-corrected chi connectivity index (χ0v) is 27.6. The Hall–Kier alpha value is -4.33. The topological polar surface area (TPSA) is 121 Å². The van der Waals surface area contributed by atoms with Crippen molar-refractivity contribution in [3.63, 3.8) is 0 Å². The number of benzene rings is 2. The zero-order chi connectivity index (χ0) is 32.3.